The van der Waals surface area contributed by atoms with Crippen LogP contribution in [0.5, 0.6) is 0 Å². The highest BCUT2D eigenvalue weighted by Gasteiger charge is 2.07. The van der Waals surface area contributed by atoms with E-state index in [9.17, 15) is 0 Å². The van der Waals surface area contributed by atoms with Crippen LogP contribution in [0, 0.1) is 5.92 Å². The van der Waals surface area contributed by atoms with E-state index in [0.29, 0.717) is 12.5 Å². The van der Waals surface area contributed by atoms with Crippen LogP contribution in [0.1, 0.15) is 30.2 Å². The van der Waals surface area contributed by atoms with Crippen LogP contribution in [0.2, 0.25) is 0 Å². The van der Waals surface area contributed by atoms with Gasteiger partial charge >= 0.3 is 0 Å². The van der Waals surface area contributed by atoms with Gasteiger partial charge in [-0.25, -0.2) is 0 Å². The van der Waals surface area contributed by atoms with Crippen LogP contribution in [0.4, 0.5) is 0 Å². The number of hydrogen-bond donors (Lipinski definition) is 2. The van der Waals surface area contributed by atoms with Gasteiger partial charge in [0.25, 0.3) is 0 Å². The molecule has 5 nitrogen and oxygen atoms in total. The molecule has 0 aliphatic rings. The molecule has 3 aromatic heterocycles. The summed E-state index contributed by atoms with van der Waals surface area (Å²) in [5.74, 6) is 1.49. The molecule has 0 spiro atoms. The first-order valence-corrected chi connectivity index (χ1v) is 8.26. The van der Waals surface area contributed by atoms with E-state index in [2.05, 4.69) is 46.7 Å². The Morgan fingerprint density at radius 3 is 2.95 bits per heavy atom. The highest BCUT2D eigenvalue weighted by Crippen LogP contribution is 2.26. The van der Waals surface area contributed by atoms with Gasteiger partial charge in [0.2, 0.25) is 0 Å². The van der Waals surface area contributed by atoms with Gasteiger partial charge in [-0.3, -0.25) is 5.10 Å². The number of aromatic nitrogens is 3. The van der Waals surface area contributed by atoms with Crippen LogP contribution in [0.15, 0.2) is 35.0 Å². The Labute approximate surface area is 133 Å². The highest BCUT2D eigenvalue weighted by molar-refractivity contribution is 7.15. The molecular weight excluding hydrogens is 296 g/mol. The summed E-state index contributed by atoms with van der Waals surface area (Å²) in [6, 6.07) is 8.27. The summed E-state index contributed by atoms with van der Waals surface area (Å²) in [6.45, 7) is 5.88. The lowest BCUT2D eigenvalue weighted by Crippen LogP contribution is -2.11. The maximum absolute atomic E-state index is 5.35. The van der Waals surface area contributed by atoms with Crippen molar-refractivity contribution < 1.29 is 4.52 Å². The fourth-order valence-corrected chi connectivity index (χ4v) is 3.23. The minimum atomic E-state index is 0.595. The van der Waals surface area contributed by atoms with Crippen molar-refractivity contribution in [1.82, 2.24) is 20.7 Å². The predicted octanol–water partition coefficient (Wildman–Crippen LogP) is 3.61. The van der Waals surface area contributed by atoms with Crippen LogP contribution < -0.4 is 5.32 Å². The minimum absolute atomic E-state index is 0.595. The molecule has 116 valence electrons. The molecule has 0 radical (unpaired) electrons. The van der Waals surface area contributed by atoms with Crippen molar-refractivity contribution in [3.63, 3.8) is 0 Å². The highest BCUT2D eigenvalue weighted by atomic mass is 32.1. The van der Waals surface area contributed by atoms with Gasteiger partial charge < -0.3 is 9.84 Å². The standard InChI is InChI=1S/C16H20N4OS/c1-11(2)7-12-8-13(21-20-12)9-17-10-14-3-4-16(22-14)15-5-6-18-19-15/h3-6,8,11,17H,7,9-10H2,1-2H3,(H,18,19). The Bertz CT molecular complexity index is 699. The molecular formula is C16H20N4OS. The smallest absolute Gasteiger partial charge is 0.150 e. The van der Waals surface area contributed by atoms with Crippen LogP contribution in [0.3, 0.4) is 0 Å². The van der Waals surface area contributed by atoms with Crippen LogP contribution in [-0.4, -0.2) is 15.4 Å². The minimum Gasteiger partial charge on any atom is -0.360 e. The van der Waals surface area contributed by atoms with Gasteiger partial charge in [-0.2, -0.15) is 5.10 Å². The summed E-state index contributed by atoms with van der Waals surface area (Å²) in [7, 11) is 0. The number of thiophene rings is 1. The van der Waals surface area contributed by atoms with E-state index in [4.69, 9.17) is 4.52 Å². The Kier molecular flexibility index (Phi) is 4.70. The van der Waals surface area contributed by atoms with Gasteiger partial charge in [-0.05, 0) is 30.5 Å². The third kappa shape index (κ3) is 3.84. The topological polar surface area (TPSA) is 66.7 Å². The number of hydrogen-bond acceptors (Lipinski definition) is 5. The SMILES string of the molecule is CC(C)Cc1cc(CNCc2ccc(-c3ccn[nH]3)s2)on1. The third-order valence-electron chi connectivity index (χ3n) is 3.25. The first-order valence-electron chi connectivity index (χ1n) is 7.44. The van der Waals surface area contributed by atoms with Gasteiger partial charge in [0, 0.05) is 23.7 Å². The Hall–Kier alpha value is -1.92. The van der Waals surface area contributed by atoms with Gasteiger partial charge in [-0.1, -0.05) is 19.0 Å². The summed E-state index contributed by atoms with van der Waals surface area (Å²) in [5, 5.41) is 14.5. The molecule has 3 rings (SSSR count). The lowest BCUT2D eigenvalue weighted by Gasteiger charge is -1.99. The first kappa shape index (κ1) is 15.0. The van der Waals surface area contributed by atoms with Gasteiger partial charge in [0.05, 0.1) is 22.8 Å². The number of nitrogens with one attached hydrogen (secondary N) is 2. The van der Waals surface area contributed by atoms with Crippen molar-refractivity contribution in [1.29, 1.82) is 0 Å². The quantitative estimate of drug-likeness (QED) is 0.699. The summed E-state index contributed by atoms with van der Waals surface area (Å²) >= 11 is 1.76. The van der Waals surface area contributed by atoms with Gasteiger partial charge in [-0.15, -0.1) is 11.3 Å². The molecule has 0 saturated heterocycles. The molecule has 0 atom stereocenters. The van der Waals surface area contributed by atoms with Gasteiger partial charge in [0.15, 0.2) is 5.76 Å². The molecule has 3 heterocycles. The predicted molar refractivity (Wildman–Crippen MR) is 87.5 cm³/mol. The van der Waals surface area contributed by atoms with E-state index >= 15 is 0 Å². The molecule has 22 heavy (non-hydrogen) atoms. The molecule has 6 heteroatoms. The Balaban J connectivity index is 1.50. The van der Waals surface area contributed by atoms with Crippen LogP contribution >= 0.6 is 11.3 Å². The Morgan fingerprint density at radius 2 is 2.18 bits per heavy atom. The van der Waals surface area contributed by atoms with E-state index in [1.807, 2.05) is 12.1 Å². The lowest BCUT2D eigenvalue weighted by molar-refractivity contribution is 0.365. The number of rotatable bonds is 7. The van der Waals surface area contributed by atoms with E-state index < -0.39 is 0 Å². The zero-order chi connectivity index (χ0) is 15.4. The first-order chi connectivity index (χ1) is 10.7. The molecule has 3 aromatic rings. The molecule has 2 N–H and O–H groups in total. The van der Waals surface area contributed by atoms with Crippen molar-refractivity contribution in [3.05, 3.63) is 46.8 Å². The van der Waals surface area contributed by atoms with Crippen molar-refractivity contribution in [2.24, 2.45) is 5.92 Å². The average Bonchev–Trinajstić information content (AvgIpc) is 3.18. The second kappa shape index (κ2) is 6.89. The van der Waals surface area contributed by atoms with E-state index in [1.165, 1.54) is 9.75 Å². The van der Waals surface area contributed by atoms with Crippen molar-refractivity contribution in [2.45, 2.75) is 33.4 Å². The summed E-state index contributed by atoms with van der Waals surface area (Å²) in [4.78, 5) is 2.49. The molecule has 0 unspecified atom stereocenters. The summed E-state index contributed by atoms with van der Waals surface area (Å²) < 4.78 is 5.35. The number of aromatic amines is 1. The van der Waals surface area contributed by atoms with Crippen molar-refractivity contribution >= 4 is 11.3 Å². The molecule has 0 saturated carbocycles. The van der Waals surface area contributed by atoms with Crippen molar-refractivity contribution in [3.8, 4) is 10.6 Å². The zero-order valence-corrected chi connectivity index (χ0v) is 13.6. The van der Waals surface area contributed by atoms with E-state index in [1.54, 1.807) is 17.5 Å². The third-order valence-corrected chi connectivity index (χ3v) is 4.37. The van der Waals surface area contributed by atoms with Crippen LogP contribution in [0.25, 0.3) is 10.6 Å². The molecule has 0 fully saturated rings. The lowest BCUT2D eigenvalue weighted by atomic mass is 10.1. The zero-order valence-electron chi connectivity index (χ0n) is 12.8. The number of nitrogens with zero attached hydrogens (tertiary/aromatic N) is 2. The van der Waals surface area contributed by atoms with Gasteiger partial charge in [0.1, 0.15) is 0 Å². The van der Waals surface area contributed by atoms with E-state index in [0.717, 1.165) is 30.1 Å². The Morgan fingerprint density at radius 1 is 1.27 bits per heavy atom. The second-order valence-corrected chi connectivity index (χ2v) is 6.89. The molecule has 0 amide bonds. The largest absolute Gasteiger partial charge is 0.360 e. The number of H-pyrrole nitrogens is 1. The maximum atomic E-state index is 5.35. The molecule has 0 aromatic carbocycles. The summed E-state index contributed by atoms with van der Waals surface area (Å²) in [6.07, 6.45) is 2.73. The fourth-order valence-electron chi connectivity index (χ4n) is 2.27. The van der Waals surface area contributed by atoms with E-state index in [-0.39, 0.29) is 0 Å². The average molecular weight is 316 g/mol. The van der Waals surface area contributed by atoms with Crippen LogP contribution in [-0.2, 0) is 19.5 Å². The molecule has 0 bridgehead atoms. The molecule has 0 aliphatic carbocycles. The van der Waals surface area contributed by atoms with Crippen molar-refractivity contribution in [2.75, 3.05) is 0 Å². The molecule has 0 aliphatic heterocycles. The monoisotopic (exact) mass is 316 g/mol. The maximum Gasteiger partial charge on any atom is 0.150 e. The fraction of sp³-hybridized carbons (Fsp3) is 0.375. The second-order valence-electron chi connectivity index (χ2n) is 5.72. The summed E-state index contributed by atoms with van der Waals surface area (Å²) in [5.41, 5.74) is 2.09. The normalized spacial score (nSPS) is 11.4.